The topological polar surface area (TPSA) is 69.1 Å². The quantitative estimate of drug-likeness (QED) is 0.457. The highest BCUT2D eigenvalue weighted by molar-refractivity contribution is 6.76. The maximum Gasteiger partial charge on any atom is 0.329 e. The van der Waals surface area contributed by atoms with Gasteiger partial charge in [-0.15, -0.1) is 0 Å². The van der Waals surface area contributed by atoms with Crippen molar-refractivity contribution in [3.05, 3.63) is 34.9 Å². The van der Waals surface area contributed by atoms with Crippen molar-refractivity contribution in [2.75, 3.05) is 13.2 Å². The average Bonchev–Trinajstić information content (AvgIpc) is 2.76. The van der Waals surface area contributed by atoms with Gasteiger partial charge in [-0.1, -0.05) is 26.2 Å². The Morgan fingerprint density at radius 2 is 2.17 bits per heavy atom. The van der Waals surface area contributed by atoms with Gasteiger partial charge in [0.15, 0.2) is 5.65 Å². The number of ether oxygens (including phenoxy) is 2. The summed E-state index contributed by atoms with van der Waals surface area (Å²) < 4.78 is 12.8. The minimum Gasteiger partial charge on any atom is -0.487 e. The van der Waals surface area contributed by atoms with Gasteiger partial charge in [-0.05, 0) is 18.5 Å². The summed E-state index contributed by atoms with van der Waals surface area (Å²) in [5, 5.41) is 0. The van der Waals surface area contributed by atoms with Gasteiger partial charge in [0.05, 0.1) is 0 Å². The van der Waals surface area contributed by atoms with Crippen molar-refractivity contribution in [2.45, 2.75) is 39.3 Å². The molecule has 0 radical (unpaired) electrons. The molecule has 126 valence electrons. The maximum absolute atomic E-state index is 12.1. The van der Waals surface area contributed by atoms with Crippen LogP contribution >= 0.6 is 0 Å². The van der Waals surface area contributed by atoms with E-state index in [0.717, 1.165) is 11.6 Å². The molecular weight excluding hydrogens is 310 g/mol. The highest BCUT2D eigenvalue weighted by Gasteiger charge is 2.14. The van der Waals surface area contributed by atoms with E-state index in [2.05, 4.69) is 36.2 Å². The number of rotatable bonds is 8. The second kappa shape index (κ2) is 7.14. The van der Waals surface area contributed by atoms with Crippen molar-refractivity contribution >= 4 is 19.2 Å². The monoisotopic (exact) mass is 335 g/mol. The van der Waals surface area contributed by atoms with Crippen molar-refractivity contribution in [1.82, 2.24) is 14.5 Å². The van der Waals surface area contributed by atoms with Gasteiger partial charge in [0.2, 0.25) is 0 Å². The number of fused-ring (bicyclic) bond motifs is 1. The van der Waals surface area contributed by atoms with E-state index in [1.165, 1.54) is 4.57 Å². The summed E-state index contributed by atoms with van der Waals surface area (Å²) in [6.07, 6.45) is 1.63. The van der Waals surface area contributed by atoms with Gasteiger partial charge >= 0.3 is 5.69 Å². The molecule has 0 spiro atoms. The SMILES string of the molecule is C=C(C)COc1ccnc2c1[nH]c(=O)n2COCC[Si](C)(C)C. The third-order valence-electron chi connectivity index (χ3n) is 3.32. The van der Waals surface area contributed by atoms with Crippen LogP contribution in [0.15, 0.2) is 29.2 Å². The Morgan fingerprint density at radius 1 is 1.43 bits per heavy atom. The normalized spacial score (nSPS) is 11.8. The van der Waals surface area contributed by atoms with Crippen LogP contribution in [0, 0.1) is 0 Å². The van der Waals surface area contributed by atoms with Crippen LogP contribution in [0.5, 0.6) is 5.75 Å². The Kier molecular flexibility index (Phi) is 5.43. The number of nitrogens with one attached hydrogen (secondary N) is 1. The zero-order chi connectivity index (χ0) is 17.0. The highest BCUT2D eigenvalue weighted by atomic mass is 28.3. The number of nitrogens with zero attached hydrogens (tertiary/aromatic N) is 2. The van der Waals surface area contributed by atoms with Gasteiger partial charge in [-0.25, -0.2) is 9.78 Å². The van der Waals surface area contributed by atoms with Crippen LogP contribution in [-0.4, -0.2) is 35.8 Å². The van der Waals surface area contributed by atoms with Crippen LogP contribution in [0.4, 0.5) is 0 Å². The molecule has 0 aliphatic carbocycles. The molecule has 0 atom stereocenters. The lowest BCUT2D eigenvalue weighted by Crippen LogP contribution is -2.23. The fourth-order valence-electron chi connectivity index (χ4n) is 2.00. The van der Waals surface area contributed by atoms with E-state index < -0.39 is 8.07 Å². The summed E-state index contributed by atoms with van der Waals surface area (Å²) in [4.78, 5) is 19.2. The number of H-pyrrole nitrogens is 1. The predicted octanol–water partition coefficient (Wildman–Crippen LogP) is 2.99. The Morgan fingerprint density at radius 3 is 2.83 bits per heavy atom. The highest BCUT2D eigenvalue weighted by Crippen LogP contribution is 2.21. The van der Waals surface area contributed by atoms with Crippen LogP contribution < -0.4 is 10.4 Å². The Bertz CT molecular complexity index is 743. The van der Waals surface area contributed by atoms with E-state index in [1.54, 1.807) is 12.3 Å². The summed E-state index contributed by atoms with van der Waals surface area (Å²) in [6, 6.07) is 2.79. The van der Waals surface area contributed by atoms with Crippen molar-refractivity contribution in [3.8, 4) is 5.75 Å². The second-order valence-electron chi connectivity index (χ2n) is 6.96. The van der Waals surface area contributed by atoms with E-state index in [1.807, 2.05) is 6.92 Å². The molecule has 1 N–H and O–H groups in total. The number of hydrogen-bond acceptors (Lipinski definition) is 4. The van der Waals surface area contributed by atoms with Crippen LogP contribution in [0.2, 0.25) is 25.7 Å². The molecule has 0 fully saturated rings. The number of pyridine rings is 1. The van der Waals surface area contributed by atoms with E-state index in [4.69, 9.17) is 9.47 Å². The molecule has 0 saturated carbocycles. The smallest absolute Gasteiger partial charge is 0.329 e. The van der Waals surface area contributed by atoms with Gasteiger partial charge in [0, 0.05) is 26.9 Å². The first-order chi connectivity index (χ1) is 10.8. The Labute approximate surface area is 137 Å². The van der Waals surface area contributed by atoms with E-state index in [-0.39, 0.29) is 12.4 Å². The number of aromatic nitrogens is 3. The molecule has 0 aromatic carbocycles. The number of aromatic amines is 1. The Balaban J connectivity index is 2.15. The maximum atomic E-state index is 12.1. The minimum atomic E-state index is -1.14. The molecule has 2 rings (SSSR count). The third-order valence-corrected chi connectivity index (χ3v) is 5.02. The molecule has 0 saturated heterocycles. The predicted molar refractivity (Wildman–Crippen MR) is 94.8 cm³/mol. The van der Waals surface area contributed by atoms with Crippen LogP contribution in [0.1, 0.15) is 6.92 Å². The van der Waals surface area contributed by atoms with Crippen LogP contribution in [0.25, 0.3) is 11.2 Å². The molecule has 0 aliphatic rings. The van der Waals surface area contributed by atoms with Crippen molar-refractivity contribution in [2.24, 2.45) is 0 Å². The van der Waals surface area contributed by atoms with E-state index >= 15 is 0 Å². The fourth-order valence-corrected chi connectivity index (χ4v) is 2.76. The molecule has 2 aromatic heterocycles. The largest absolute Gasteiger partial charge is 0.487 e. The molecule has 23 heavy (non-hydrogen) atoms. The molecule has 6 nitrogen and oxygen atoms in total. The van der Waals surface area contributed by atoms with Gasteiger partial charge in [-0.3, -0.25) is 4.57 Å². The molecule has 2 aromatic rings. The molecule has 0 unspecified atom stereocenters. The fraction of sp³-hybridized carbons (Fsp3) is 0.500. The summed E-state index contributed by atoms with van der Waals surface area (Å²) >= 11 is 0. The van der Waals surface area contributed by atoms with Gasteiger partial charge in [0.25, 0.3) is 0 Å². The van der Waals surface area contributed by atoms with Crippen LogP contribution in [0.3, 0.4) is 0 Å². The molecule has 0 bridgehead atoms. The molecule has 0 aliphatic heterocycles. The lowest BCUT2D eigenvalue weighted by atomic mass is 10.3. The standard InChI is InChI=1S/C16H25N3O3Si/c1-12(2)10-22-13-6-7-17-15-14(13)18-16(20)19(15)11-21-8-9-23(3,4)5/h6-7H,1,8-11H2,2-5H3,(H,18,20). The zero-order valence-corrected chi connectivity index (χ0v) is 15.3. The van der Waals surface area contributed by atoms with Crippen LogP contribution in [-0.2, 0) is 11.5 Å². The first-order valence-electron chi connectivity index (χ1n) is 7.70. The number of imidazole rings is 1. The first-order valence-corrected chi connectivity index (χ1v) is 11.4. The van der Waals surface area contributed by atoms with E-state index in [9.17, 15) is 4.79 Å². The lowest BCUT2D eigenvalue weighted by molar-refractivity contribution is 0.0874. The summed E-state index contributed by atoms with van der Waals surface area (Å²) in [6.45, 7) is 13.8. The van der Waals surface area contributed by atoms with Gasteiger partial charge in [-0.2, -0.15) is 0 Å². The number of hydrogen-bond donors (Lipinski definition) is 1. The molecule has 2 heterocycles. The van der Waals surface area contributed by atoms with Gasteiger partial charge < -0.3 is 14.5 Å². The molecule has 0 amide bonds. The first kappa shape index (κ1) is 17.5. The average molecular weight is 335 g/mol. The summed E-state index contributed by atoms with van der Waals surface area (Å²) in [7, 11) is -1.14. The lowest BCUT2D eigenvalue weighted by Gasteiger charge is -2.15. The minimum absolute atomic E-state index is 0.195. The van der Waals surface area contributed by atoms with E-state index in [0.29, 0.717) is 30.1 Å². The Hall–Kier alpha value is -1.86. The summed E-state index contributed by atoms with van der Waals surface area (Å²) in [5.41, 5.74) is 1.80. The van der Waals surface area contributed by atoms with Crippen molar-refractivity contribution < 1.29 is 9.47 Å². The van der Waals surface area contributed by atoms with Gasteiger partial charge in [0.1, 0.15) is 24.6 Å². The molecule has 7 heteroatoms. The summed E-state index contributed by atoms with van der Waals surface area (Å²) in [5.74, 6) is 0.593. The molecular formula is C16H25N3O3Si. The van der Waals surface area contributed by atoms with Crippen molar-refractivity contribution in [3.63, 3.8) is 0 Å². The zero-order valence-electron chi connectivity index (χ0n) is 14.3. The second-order valence-corrected chi connectivity index (χ2v) is 12.6. The van der Waals surface area contributed by atoms with Crippen molar-refractivity contribution in [1.29, 1.82) is 0 Å². The third kappa shape index (κ3) is 4.80.